The Morgan fingerprint density at radius 2 is 1.66 bits per heavy atom. The lowest BCUT2D eigenvalue weighted by Gasteiger charge is -2.19. The number of esters is 1. The summed E-state index contributed by atoms with van der Waals surface area (Å²) in [4.78, 5) is 21.8. The average Bonchev–Trinajstić information content (AvgIpc) is 3.43. The van der Waals surface area contributed by atoms with Gasteiger partial charge in [0, 0.05) is 18.0 Å². The minimum atomic E-state index is -4.69. The molecule has 0 saturated carbocycles. The van der Waals surface area contributed by atoms with Crippen LogP contribution in [0.5, 0.6) is 5.75 Å². The largest absolute Gasteiger partial charge is 0.494 e. The van der Waals surface area contributed by atoms with E-state index in [1.807, 2.05) is 13.8 Å². The average molecular weight is 612 g/mol. The molecule has 0 bridgehead atoms. The van der Waals surface area contributed by atoms with Gasteiger partial charge in [0.2, 0.25) is 0 Å². The van der Waals surface area contributed by atoms with Crippen molar-refractivity contribution in [3.63, 3.8) is 0 Å². The zero-order valence-corrected chi connectivity index (χ0v) is 23.6. The molecular formula is C31H26F5N5O3. The number of ether oxygens (including phenoxy) is 2. The van der Waals surface area contributed by atoms with Gasteiger partial charge < -0.3 is 14.0 Å². The predicted molar refractivity (Wildman–Crippen MR) is 150 cm³/mol. The molecule has 2 aliphatic heterocycles. The molecule has 3 heterocycles. The number of alkyl halides is 3. The molecule has 2 aliphatic rings. The Kier molecular flexibility index (Phi) is 8.83. The number of benzene rings is 2. The maximum Gasteiger partial charge on any atom is 0.417 e. The van der Waals surface area contributed by atoms with Crippen LogP contribution in [0.2, 0.25) is 0 Å². The highest BCUT2D eigenvalue weighted by molar-refractivity contribution is 5.78. The second-order valence-corrected chi connectivity index (χ2v) is 9.78. The van der Waals surface area contributed by atoms with E-state index in [4.69, 9.17) is 9.47 Å². The van der Waals surface area contributed by atoms with Gasteiger partial charge in [0.05, 0.1) is 41.4 Å². The highest BCUT2D eigenvalue weighted by Crippen LogP contribution is 2.39. The zero-order chi connectivity index (χ0) is 31.4. The molecule has 0 spiro atoms. The lowest BCUT2D eigenvalue weighted by atomic mass is 10.0. The smallest absolute Gasteiger partial charge is 0.417 e. The molecule has 13 heteroatoms. The van der Waals surface area contributed by atoms with Crippen molar-refractivity contribution in [2.45, 2.75) is 38.9 Å². The van der Waals surface area contributed by atoms with Gasteiger partial charge in [0.1, 0.15) is 11.4 Å². The fourth-order valence-corrected chi connectivity index (χ4v) is 4.48. The van der Waals surface area contributed by atoms with E-state index in [0.29, 0.717) is 18.5 Å². The number of nitrogens with zero attached hydrogens (tertiary/aromatic N) is 5. The van der Waals surface area contributed by atoms with E-state index in [1.165, 1.54) is 59.4 Å². The molecule has 1 unspecified atom stereocenters. The fourth-order valence-electron chi connectivity index (χ4n) is 4.48. The van der Waals surface area contributed by atoms with Crippen molar-refractivity contribution in [2.75, 3.05) is 13.2 Å². The van der Waals surface area contributed by atoms with E-state index < -0.39 is 35.4 Å². The Balaban J connectivity index is 1.52. The van der Waals surface area contributed by atoms with Gasteiger partial charge in [0.15, 0.2) is 23.5 Å². The van der Waals surface area contributed by atoms with Gasteiger partial charge in [-0.25, -0.2) is 23.5 Å². The van der Waals surface area contributed by atoms with Gasteiger partial charge in [0.25, 0.3) is 0 Å². The summed E-state index contributed by atoms with van der Waals surface area (Å²) in [6, 6.07) is 10.3. The van der Waals surface area contributed by atoms with Crippen LogP contribution in [0.3, 0.4) is 0 Å². The summed E-state index contributed by atoms with van der Waals surface area (Å²) < 4.78 is 82.2. The monoisotopic (exact) mass is 611 g/mol. The fraction of sp³-hybridized carbons (Fsp3) is 0.258. The van der Waals surface area contributed by atoms with Crippen LogP contribution in [0, 0.1) is 11.6 Å². The van der Waals surface area contributed by atoms with Crippen molar-refractivity contribution < 1.29 is 36.2 Å². The third kappa shape index (κ3) is 6.36. The van der Waals surface area contributed by atoms with Crippen molar-refractivity contribution in [3.05, 3.63) is 89.9 Å². The van der Waals surface area contributed by atoms with Gasteiger partial charge in [-0.05, 0) is 61.4 Å². The minimum Gasteiger partial charge on any atom is -0.494 e. The Hall–Kier alpha value is -4.94. The molecule has 3 aromatic rings. The van der Waals surface area contributed by atoms with E-state index >= 15 is 0 Å². The van der Waals surface area contributed by atoms with E-state index in [-0.39, 0.29) is 53.0 Å². The molecule has 44 heavy (non-hydrogen) atoms. The lowest BCUT2D eigenvalue weighted by Crippen LogP contribution is -2.25. The molecule has 0 aliphatic carbocycles. The molecule has 1 atom stereocenters. The van der Waals surface area contributed by atoms with Crippen molar-refractivity contribution in [3.8, 4) is 39.8 Å². The molecule has 2 aromatic carbocycles. The van der Waals surface area contributed by atoms with Crippen LogP contribution < -0.4 is 4.74 Å². The summed E-state index contributed by atoms with van der Waals surface area (Å²) in [5, 5.41) is 8.14. The molecule has 0 amide bonds. The molecule has 0 radical (unpaired) electrons. The number of hydrogen-bond donors (Lipinski definition) is 0. The SMILES string of the molecule is CCCOC(=O)C(c1ccc(-c2ccc(OCCC)cc2C(F)(F)F)nn1)n1ccc2nc(-c3cccc(F)c3F)nc-2c1. The first-order chi connectivity index (χ1) is 21.1. The number of halogens is 5. The third-order valence-electron chi connectivity index (χ3n) is 6.56. The van der Waals surface area contributed by atoms with E-state index in [9.17, 15) is 26.7 Å². The highest BCUT2D eigenvalue weighted by Gasteiger charge is 2.35. The minimum absolute atomic E-state index is 0.0458. The number of pyridine rings is 1. The third-order valence-corrected chi connectivity index (χ3v) is 6.56. The standard InChI is InChI=1S/C31H26F5N5O3/c1-3-14-43-18-8-9-19(21(16-18)31(34,35)36)23-10-11-25(40-39-23)28(30(42)44-15-4-2)41-13-12-24-26(17-41)38-29(37-24)20-6-5-7-22(32)27(20)33/h5-13,16-17,28H,3-4,14-15H2,1-2H3. The Labute approximate surface area is 248 Å². The zero-order valence-electron chi connectivity index (χ0n) is 23.6. The predicted octanol–water partition coefficient (Wildman–Crippen LogP) is 7.14. The summed E-state index contributed by atoms with van der Waals surface area (Å²) in [5.41, 5.74) is -0.621. The number of carbonyl (C=O) groups is 1. The van der Waals surface area contributed by atoms with Crippen molar-refractivity contribution in [1.82, 2.24) is 24.7 Å². The van der Waals surface area contributed by atoms with E-state index in [2.05, 4.69) is 20.2 Å². The Bertz CT molecular complexity index is 1740. The van der Waals surface area contributed by atoms with Crippen LogP contribution in [0.4, 0.5) is 22.0 Å². The molecule has 0 N–H and O–H groups in total. The number of aromatic nitrogens is 5. The Morgan fingerprint density at radius 3 is 2.36 bits per heavy atom. The van der Waals surface area contributed by atoms with Gasteiger partial charge in [-0.15, -0.1) is 0 Å². The Morgan fingerprint density at radius 1 is 0.886 bits per heavy atom. The second-order valence-electron chi connectivity index (χ2n) is 9.78. The highest BCUT2D eigenvalue weighted by atomic mass is 19.4. The lowest BCUT2D eigenvalue weighted by molar-refractivity contribution is -0.146. The first-order valence-electron chi connectivity index (χ1n) is 13.7. The number of fused-ring (bicyclic) bond motifs is 1. The summed E-state index contributed by atoms with van der Waals surface area (Å²) in [5.74, 6) is -2.80. The van der Waals surface area contributed by atoms with Crippen molar-refractivity contribution in [2.24, 2.45) is 0 Å². The normalized spacial score (nSPS) is 12.3. The molecule has 8 nitrogen and oxygen atoms in total. The molecule has 228 valence electrons. The maximum absolute atomic E-state index is 14.4. The number of imidazole rings is 1. The number of rotatable bonds is 10. The van der Waals surface area contributed by atoms with Crippen LogP contribution in [0.15, 0.2) is 67.0 Å². The molecule has 0 saturated heterocycles. The summed E-state index contributed by atoms with van der Waals surface area (Å²) in [6.07, 6.45) is -0.539. The number of carbonyl (C=O) groups excluding carboxylic acids is 1. The molecule has 5 rings (SSSR count). The second kappa shape index (κ2) is 12.7. The van der Waals surface area contributed by atoms with Crippen LogP contribution in [0.25, 0.3) is 34.0 Å². The van der Waals surface area contributed by atoms with E-state index in [1.54, 1.807) is 0 Å². The summed E-state index contributed by atoms with van der Waals surface area (Å²) >= 11 is 0. The van der Waals surface area contributed by atoms with Crippen LogP contribution in [-0.2, 0) is 15.7 Å². The first-order valence-corrected chi connectivity index (χ1v) is 13.7. The molecule has 1 aromatic heterocycles. The maximum atomic E-state index is 14.4. The summed E-state index contributed by atoms with van der Waals surface area (Å²) in [7, 11) is 0. The van der Waals surface area contributed by atoms with Gasteiger partial charge in [-0.2, -0.15) is 23.4 Å². The van der Waals surface area contributed by atoms with Gasteiger partial charge >= 0.3 is 12.1 Å². The van der Waals surface area contributed by atoms with Crippen LogP contribution in [-0.4, -0.2) is 43.9 Å². The van der Waals surface area contributed by atoms with E-state index in [0.717, 1.165) is 12.1 Å². The van der Waals surface area contributed by atoms with Crippen molar-refractivity contribution >= 4 is 5.97 Å². The quantitative estimate of drug-likeness (QED) is 0.123. The summed E-state index contributed by atoms with van der Waals surface area (Å²) in [6.45, 7) is 4.05. The van der Waals surface area contributed by atoms with Crippen molar-refractivity contribution in [1.29, 1.82) is 0 Å². The first kappa shape index (κ1) is 30.5. The van der Waals surface area contributed by atoms with Crippen LogP contribution in [0.1, 0.15) is 44.0 Å². The van der Waals surface area contributed by atoms with Crippen LogP contribution >= 0.6 is 0 Å². The van der Waals surface area contributed by atoms with Gasteiger partial charge in [-0.3, -0.25) is 0 Å². The topological polar surface area (TPSA) is 92.0 Å². The molecular weight excluding hydrogens is 585 g/mol. The number of hydrogen-bond acceptors (Lipinski definition) is 7. The van der Waals surface area contributed by atoms with Gasteiger partial charge in [-0.1, -0.05) is 19.9 Å². The molecule has 0 fully saturated rings.